The Labute approximate surface area is 172 Å². The number of aromatic carboxylic acids is 1. The van der Waals surface area contributed by atoms with Crippen LogP contribution in [-0.2, 0) is 6.42 Å². The average molecular weight is 401 g/mol. The monoisotopic (exact) mass is 401 g/mol. The molecule has 0 bridgehead atoms. The Morgan fingerprint density at radius 3 is 2.69 bits per heavy atom. The van der Waals surface area contributed by atoms with Gasteiger partial charge in [0.2, 0.25) is 0 Å². The minimum Gasteiger partial charge on any atom is -0.478 e. The number of aromatic nitrogens is 2. The second kappa shape index (κ2) is 7.85. The Balaban J connectivity index is 1.75. The van der Waals surface area contributed by atoms with Crippen LogP contribution in [0.1, 0.15) is 21.6 Å². The van der Waals surface area contributed by atoms with Crippen LogP contribution in [0.25, 0.3) is 22.2 Å². The van der Waals surface area contributed by atoms with Crippen LogP contribution >= 0.6 is 11.3 Å². The summed E-state index contributed by atoms with van der Waals surface area (Å²) < 4.78 is 0. The summed E-state index contributed by atoms with van der Waals surface area (Å²) in [5, 5.41) is 18.5. The molecule has 4 aromatic rings. The van der Waals surface area contributed by atoms with Crippen molar-refractivity contribution in [1.29, 1.82) is 0 Å². The molecule has 0 saturated heterocycles. The van der Waals surface area contributed by atoms with E-state index in [4.69, 9.17) is 4.98 Å². The summed E-state index contributed by atoms with van der Waals surface area (Å²) in [6.45, 7) is 5.83. The highest BCUT2D eigenvalue weighted by molar-refractivity contribution is 7.08. The summed E-state index contributed by atoms with van der Waals surface area (Å²) in [5.74, 6) is 0.506. The Morgan fingerprint density at radius 1 is 1.17 bits per heavy atom. The van der Waals surface area contributed by atoms with Crippen molar-refractivity contribution in [3.05, 3.63) is 82.7 Å². The Kier molecular flexibility index (Phi) is 5.10. The minimum absolute atomic E-state index is 0.276. The number of hydrogen-bond acceptors (Lipinski definition) is 5. The molecule has 6 heteroatoms. The number of allylic oxidation sites excluding steroid dienone is 1. The fraction of sp³-hybridized carbons (Fsp3) is 0.0870. The molecule has 0 aliphatic carbocycles. The highest BCUT2D eigenvalue weighted by Crippen LogP contribution is 2.28. The number of aryl methyl sites for hydroxylation is 1. The Bertz CT molecular complexity index is 1220. The molecule has 0 radical (unpaired) electrons. The van der Waals surface area contributed by atoms with Gasteiger partial charge in [0, 0.05) is 27.9 Å². The molecule has 0 amide bonds. The molecule has 144 valence electrons. The van der Waals surface area contributed by atoms with Gasteiger partial charge in [0.15, 0.2) is 5.82 Å². The fourth-order valence-corrected chi connectivity index (χ4v) is 3.84. The van der Waals surface area contributed by atoms with Crippen molar-refractivity contribution in [1.82, 2.24) is 9.97 Å². The van der Waals surface area contributed by atoms with E-state index in [9.17, 15) is 9.90 Å². The lowest BCUT2D eigenvalue weighted by Gasteiger charge is -2.14. The van der Waals surface area contributed by atoms with Gasteiger partial charge in [-0.2, -0.15) is 11.3 Å². The summed E-state index contributed by atoms with van der Waals surface area (Å²) in [4.78, 5) is 20.6. The predicted molar refractivity (Wildman–Crippen MR) is 118 cm³/mol. The van der Waals surface area contributed by atoms with E-state index in [1.54, 1.807) is 23.5 Å². The molecule has 2 heterocycles. The normalized spacial score (nSPS) is 10.8. The number of benzene rings is 2. The number of hydrogen-bond donors (Lipinski definition) is 2. The molecule has 0 spiro atoms. The van der Waals surface area contributed by atoms with Gasteiger partial charge in [-0.3, -0.25) is 0 Å². The zero-order valence-corrected chi connectivity index (χ0v) is 16.7. The molecule has 2 aromatic heterocycles. The highest BCUT2D eigenvalue weighted by Gasteiger charge is 2.13. The molecule has 4 rings (SSSR count). The van der Waals surface area contributed by atoms with Crippen LogP contribution in [0.4, 0.5) is 11.5 Å². The second-order valence-corrected chi connectivity index (χ2v) is 7.45. The van der Waals surface area contributed by atoms with Crippen LogP contribution in [0.3, 0.4) is 0 Å². The number of rotatable bonds is 6. The first kappa shape index (κ1) is 18.8. The molecular weight excluding hydrogens is 382 g/mol. The number of fused-ring (bicyclic) bond motifs is 1. The number of nitrogens with one attached hydrogen (secondary N) is 1. The van der Waals surface area contributed by atoms with Crippen molar-refractivity contribution in [2.45, 2.75) is 13.3 Å². The van der Waals surface area contributed by atoms with E-state index in [1.165, 1.54) is 0 Å². The van der Waals surface area contributed by atoms with E-state index < -0.39 is 5.97 Å². The van der Waals surface area contributed by atoms with Crippen molar-refractivity contribution in [3.8, 4) is 11.4 Å². The third-order valence-corrected chi connectivity index (χ3v) is 5.37. The smallest absolute Gasteiger partial charge is 0.335 e. The molecule has 0 aliphatic heterocycles. The second-order valence-electron chi connectivity index (χ2n) is 6.67. The number of carboxylic acid groups (broad SMARTS) is 1. The molecule has 2 N–H and O–H groups in total. The van der Waals surface area contributed by atoms with E-state index in [2.05, 4.69) is 16.9 Å². The molecule has 2 aromatic carbocycles. The van der Waals surface area contributed by atoms with Crippen molar-refractivity contribution in [3.63, 3.8) is 0 Å². The van der Waals surface area contributed by atoms with Gasteiger partial charge < -0.3 is 10.4 Å². The van der Waals surface area contributed by atoms with E-state index in [1.807, 2.05) is 54.1 Å². The molecule has 29 heavy (non-hydrogen) atoms. The van der Waals surface area contributed by atoms with Gasteiger partial charge in [-0.1, -0.05) is 18.2 Å². The van der Waals surface area contributed by atoms with E-state index >= 15 is 0 Å². The SMILES string of the molecule is C=CCc1c(C)nc(-c2ccsc2)nc1Nc1ccc2cc(C(=O)O)ccc2c1. The van der Waals surface area contributed by atoms with Crippen molar-refractivity contribution >= 4 is 39.6 Å². The summed E-state index contributed by atoms with van der Waals surface area (Å²) in [6, 6.07) is 12.9. The summed E-state index contributed by atoms with van der Waals surface area (Å²) in [6.07, 6.45) is 2.50. The zero-order valence-electron chi connectivity index (χ0n) is 15.8. The van der Waals surface area contributed by atoms with Crippen LogP contribution in [-0.4, -0.2) is 21.0 Å². The minimum atomic E-state index is -0.930. The van der Waals surface area contributed by atoms with Crippen molar-refractivity contribution < 1.29 is 9.90 Å². The maximum atomic E-state index is 11.2. The number of carboxylic acids is 1. The Morgan fingerprint density at radius 2 is 1.97 bits per heavy atom. The Hall–Kier alpha value is -3.51. The van der Waals surface area contributed by atoms with Crippen LogP contribution in [0, 0.1) is 6.92 Å². The maximum absolute atomic E-state index is 11.2. The molecule has 0 fully saturated rings. The largest absolute Gasteiger partial charge is 0.478 e. The van der Waals surface area contributed by atoms with E-state index in [0.717, 1.165) is 39.1 Å². The molecule has 0 atom stereocenters. The lowest BCUT2D eigenvalue weighted by Crippen LogP contribution is -2.05. The zero-order chi connectivity index (χ0) is 20.4. The van der Waals surface area contributed by atoms with E-state index in [-0.39, 0.29) is 5.56 Å². The first-order valence-corrected chi connectivity index (χ1v) is 10.0. The number of carbonyl (C=O) groups is 1. The first-order chi connectivity index (χ1) is 14.0. The maximum Gasteiger partial charge on any atom is 0.335 e. The lowest BCUT2D eigenvalue weighted by atomic mass is 10.1. The molecule has 0 aliphatic rings. The van der Waals surface area contributed by atoms with E-state index in [0.29, 0.717) is 12.2 Å². The van der Waals surface area contributed by atoms with Gasteiger partial charge in [0.05, 0.1) is 5.56 Å². The molecule has 0 saturated carbocycles. The molecule has 0 unspecified atom stereocenters. The summed E-state index contributed by atoms with van der Waals surface area (Å²) in [5.41, 5.74) is 4.06. The average Bonchev–Trinajstić information content (AvgIpc) is 3.25. The van der Waals surface area contributed by atoms with Gasteiger partial charge in [-0.25, -0.2) is 14.8 Å². The summed E-state index contributed by atoms with van der Waals surface area (Å²) in [7, 11) is 0. The lowest BCUT2D eigenvalue weighted by molar-refractivity contribution is 0.0697. The van der Waals surface area contributed by atoms with Gasteiger partial charge >= 0.3 is 5.97 Å². The van der Waals surface area contributed by atoms with Crippen molar-refractivity contribution in [2.75, 3.05) is 5.32 Å². The molecular formula is C23H19N3O2S. The molecule has 5 nitrogen and oxygen atoms in total. The van der Waals surface area contributed by atoms with Crippen LogP contribution in [0.5, 0.6) is 0 Å². The standard InChI is InChI=1S/C23H19N3O2S/c1-3-4-20-14(2)24-21(18-9-10-29-13-18)26-22(20)25-19-8-7-15-11-17(23(27)28)6-5-16(15)12-19/h3,5-13H,1,4H2,2H3,(H,27,28)(H,24,25,26). The van der Waals surface area contributed by atoms with Crippen LogP contribution in [0.15, 0.2) is 65.9 Å². The van der Waals surface area contributed by atoms with Crippen LogP contribution < -0.4 is 5.32 Å². The number of anilines is 2. The fourth-order valence-electron chi connectivity index (χ4n) is 3.20. The summed E-state index contributed by atoms with van der Waals surface area (Å²) >= 11 is 1.61. The van der Waals surface area contributed by atoms with Crippen molar-refractivity contribution in [2.24, 2.45) is 0 Å². The first-order valence-electron chi connectivity index (χ1n) is 9.10. The predicted octanol–water partition coefficient (Wildman–Crippen LogP) is 5.84. The third-order valence-electron chi connectivity index (χ3n) is 4.69. The van der Waals surface area contributed by atoms with Crippen LogP contribution in [0.2, 0.25) is 0 Å². The van der Waals surface area contributed by atoms with Gasteiger partial charge in [-0.15, -0.1) is 6.58 Å². The number of nitrogens with zero attached hydrogens (tertiary/aromatic N) is 2. The highest BCUT2D eigenvalue weighted by atomic mass is 32.1. The third kappa shape index (κ3) is 3.88. The number of thiophene rings is 1. The quantitative estimate of drug-likeness (QED) is 0.397. The van der Waals surface area contributed by atoms with Gasteiger partial charge in [-0.05, 0) is 59.8 Å². The van der Waals surface area contributed by atoms with Gasteiger partial charge in [0.25, 0.3) is 0 Å². The topological polar surface area (TPSA) is 75.1 Å². The van der Waals surface area contributed by atoms with Gasteiger partial charge in [0.1, 0.15) is 5.82 Å².